The lowest BCUT2D eigenvalue weighted by atomic mass is 9.97. The second-order valence-electron chi connectivity index (χ2n) is 7.30. The van der Waals surface area contributed by atoms with Crippen molar-refractivity contribution in [2.75, 3.05) is 18.0 Å². The van der Waals surface area contributed by atoms with Crippen LogP contribution in [0.1, 0.15) is 18.7 Å². The Labute approximate surface area is 182 Å². The van der Waals surface area contributed by atoms with Gasteiger partial charge >= 0.3 is 0 Å². The number of carbonyl (C=O) groups excluding carboxylic acids is 1. The lowest BCUT2D eigenvalue weighted by Crippen LogP contribution is -2.43. The fourth-order valence-electron chi connectivity index (χ4n) is 3.74. The highest BCUT2D eigenvalue weighted by Gasteiger charge is 2.28. The molecule has 1 aromatic carbocycles. The number of piperidine rings is 1. The molecular weight excluding hydrogens is 420 g/mol. The van der Waals surface area contributed by atoms with E-state index in [2.05, 4.69) is 35.4 Å². The number of hydrogen-bond donors (Lipinski definition) is 2. The predicted molar refractivity (Wildman–Crippen MR) is 113 cm³/mol. The summed E-state index contributed by atoms with van der Waals surface area (Å²) in [5.74, 6) is 1.26. The molecule has 1 saturated heterocycles. The van der Waals surface area contributed by atoms with E-state index in [4.69, 9.17) is 16.1 Å². The Balaban J connectivity index is 1.24. The topological polar surface area (TPSA) is 126 Å². The molecule has 5 rings (SSSR count). The lowest BCUT2D eigenvalue weighted by Gasteiger charge is -2.32. The standard InChI is InChI=1S/C20H19ClN8O2/c21-20-26-17-15(23-11-24-17)18(27-20)29-8-4-7-13(10-29)19(30)22-9-14-25-16(28-31-14)12-5-2-1-3-6-12/h1-3,5-6,11,13H,4,7-10H2,(H,22,30)(H,23,24,26,27)/t13-/m1/s1. The third-order valence-electron chi connectivity index (χ3n) is 5.24. The number of nitrogens with zero attached hydrogens (tertiary/aromatic N) is 6. The van der Waals surface area contributed by atoms with Crippen molar-refractivity contribution in [3.8, 4) is 11.4 Å². The number of anilines is 1. The highest BCUT2D eigenvalue weighted by atomic mass is 35.5. The van der Waals surface area contributed by atoms with Gasteiger partial charge in [0.05, 0.1) is 18.8 Å². The van der Waals surface area contributed by atoms with E-state index in [1.54, 1.807) is 6.33 Å². The van der Waals surface area contributed by atoms with Crippen molar-refractivity contribution in [1.29, 1.82) is 0 Å². The average Bonchev–Trinajstić information content (AvgIpc) is 3.47. The maximum absolute atomic E-state index is 12.8. The molecule has 4 heterocycles. The first-order valence-corrected chi connectivity index (χ1v) is 10.3. The van der Waals surface area contributed by atoms with Gasteiger partial charge in [-0.2, -0.15) is 15.0 Å². The molecule has 1 aliphatic heterocycles. The van der Waals surface area contributed by atoms with Crippen LogP contribution >= 0.6 is 11.6 Å². The van der Waals surface area contributed by atoms with Crippen molar-refractivity contribution in [3.05, 3.63) is 47.8 Å². The average molecular weight is 439 g/mol. The molecule has 0 spiro atoms. The monoisotopic (exact) mass is 438 g/mol. The second-order valence-corrected chi connectivity index (χ2v) is 7.64. The SMILES string of the molecule is O=C(NCc1nc(-c2ccccc2)no1)[C@@H]1CCCN(c2nc(Cl)nc3nc[nH]c23)C1. The predicted octanol–water partition coefficient (Wildman–Crippen LogP) is 2.59. The third-order valence-corrected chi connectivity index (χ3v) is 5.41. The molecule has 31 heavy (non-hydrogen) atoms. The van der Waals surface area contributed by atoms with Crippen LogP contribution in [0.2, 0.25) is 5.28 Å². The van der Waals surface area contributed by atoms with Gasteiger partial charge in [-0.25, -0.2) is 4.98 Å². The highest BCUT2D eigenvalue weighted by molar-refractivity contribution is 6.28. The van der Waals surface area contributed by atoms with Crippen LogP contribution in [0.15, 0.2) is 41.2 Å². The van der Waals surface area contributed by atoms with E-state index in [9.17, 15) is 4.79 Å². The van der Waals surface area contributed by atoms with Gasteiger partial charge in [0.15, 0.2) is 11.5 Å². The summed E-state index contributed by atoms with van der Waals surface area (Å²) in [5.41, 5.74) is 2.08. The first-order chi connectivity index (χ1) is 15.2. The van der Waals surface area contributed by atoms with Crippen molar-refractivity contribution in [2.24, 2.45) is 5.92 Å². The fraction of sp³-hybridized carbons (Fsp3) is 0.300. The summed E-state index contributed by atoms with van der Waals surface area (Å²) in [6.07, 6.45) is 3.20. The highest BCUT2D eigenvalue weighted by Crippen LogP contribution is 2.27. The number of nitrogens with one attached hydrogen (secondary N) is 2. The van der Waals surface area contributed by atoms with Gasteiger partial charge in [0.1, 0.15) is 5.52 Å². The maximum Gasteiger partial charge on any atom is 0.246 e. The summed E-state index contributed by atoms with van der Waals surface area (Å²) >= 11 is 6.06. The fourth-order valence-corrected chi connectivity index (χ4v) is 3.90. The third kappa shape index (κ3) is 4.06. The van der Waals surface area contributed by atoms with Gasteiger partial charge in [0, 0.05) is 18.7 Å². The summed E-state index contributed by atoms with van der Waals surface area (Å²) in [7, 11) is 0. The molecule has 1 atom stereocenters. The Morgan fingerprint density at radius 2 is 2.13 bits per heavy atom. The Hall–Kier alpha value is -3.53. The summed E-state index contributed by atoms with van der Waals surface area (Å²) < 4.78 is 5.27. The summed E-state index contributed by atoms with van der Waals surface area (Å²) in [4.78, 5) is 34.9. The van der Waals surface area contributed by atoms with Crippen molar-refractivity contribution >= 4 is 34.5 Å². The van der Waals surface area contributed by atoms with E-state index in [1.807, 2.05) is 35.2 Å². The number of benzene rings is 1. The van der Waals surface area contributed by atoms with E-state index in [0.29, 0.717) is 35.2 Å². The van der Waals surface area contributed by atoms with Crippen LogP contribution in [-0.2, 0) is 11.3 Å². The van der Waals surface area contributed by atoms with Crippen molar-refractivity contribution in [3.63, 3.8) is 0 Å². The second kappa shape index (κ2) is 8.31. The van der Waals surface area contributed by atoms with Crippen LogP contribution in [0.3, 0.4) is 0 Å². The minimum atomic E-state index is -0.197. The minimum Gasteiger partial charge on any atom is -0.354 e. The molecule has 0 aliphatic carbocycles. The molecule has 2 N–H and O–H groups in total. The maximum atomic E-state index is 12.8. The van der Waals surface area contributed by atoms with Gasteiger partial charge in [-0.05, 0) is 24.4 Å². The van der Waals surface area contributed by atoms with Crippen molar-refractivity contribution < 1.29 is 9.32 Å². The Bertz CT molecular complexity index is 1210. The molecule has 11 heteroatoms. The zero-order valence-corrected chi connectivity index (χ0v) is 17.2. The number of fused-ring (bicyclic) bond motifs is 1. The minimum absolute atomic E-state index is 0.0647. The number of aromatic nitrogens is 6. The number of carbonyl (C=O) groups is 1. The van der Waals surface area contributed by atoms with Crippen LogP contribution in [0.5, 0.6) is 0 Å². The molecule has 0 saturated carbocycles. The molecular formula is C20H19ClN8O2. The Kier molecular flexibility index (Phi) is 5.21. The molecule has 4 aromatic rings. The van der Waals surface area contributed by atoms with Gasteiger partial charge < -0.3 is 19.7 Å². The van der Waals surface area contributed by atoms with Gasteiger partial charge in [0.2, 0.25) is 22.9 Å². The zero-order chi connectivity index (χ0) is 21.2. The molecule has 3 aromatic heterocycles. The van der Waals surface area contributed by atoms with Crippen LogP contribution in [-0.4, -0.2) is 49.1 Å². The number of amides is 1. The van der Waals surface area contributed by atoms with Gasteiger partial charge in [-0.1, -0.05) is 35.5 Å². The molecule has 10 nitrogen and oxygen atoms in total. The van der Waals surface area contributed by atoms with E-state index < -0.39 is 0 Å². The molecule has 1 fully saturated rings. The lowest BCUT2D eigenvalue weighted by molar-refractivity contribution is -0.125. The largest absolute Gasteiger partial charge is 0.354 e. The molecule has 0 bridgehead atoms. The van der Waals surface area contributed by atoms with E-state index in [1.165, 1.54) is 0 Å². The van der Waals surface area contributed by atoms with Crippen molar-refractivity contribution in [1.82, 2.24) is 35.4 Å². The van der Waals surface area contributed by atoms with Gasteiger partial charge in [0.25, 0.3) is 0 Å². The smallest absolute Gasteiger partial charge is 0.246 e. The number of hydrogen-bond acceptors (Lipinski definition) is 8. The normalized spacial score (nSPS) is 16.5. The number of imidazole rings is 1. The number of rotatable bonds is 5. The van der Waals surface area contributed by atoms with Crippen molar-refractivity contribution in [2.45, 2.75) is 19.4 Å². The number of aromatic amines is 1. The van der Waals surface area contributed by atoms with E-state index in [-0.39, 0.29) is 23.7 Å². The summed E-state index contributed by atoms with van der Waals surface area (Å²) in [6, 6.07) is 9.54. The van der Waals surface area contributed by atoms with Crippen LogP contribution in [0.25, 0.3) is 22.6 Å². The van der Waals surface area contributed by atoms with Gasteiger partial charge in [-0.15, -0.1) is 0 Å². The quantitative estimate of drug-likeness (QED) is 0.455. The number of H-pyrrole nitrogens is 1. The molecule has 0 unspecified atom stereocenters. The zero-order valence-electron chi connectivity index (χ0n) is 16.5. The van der Waals surface area contributed by atoms with Crippen LogP contribution < -0.4 is 10.2 Å². The first kappa shape index (κ1) is 19.4. The van der Waals surface area contributed by atoms with Gasteiger partial charge in [-0.3, -0.25) is 4.79 Å². The summed E-state index contributed by atoms with van der Waals surface area (Å²) in [6.45, 7) is 1.47. The van der Waals surface area contributed by atoms with Crippen LogP contribution in [0.4, 0.5) is 5.82 Å². The number of halogens is 1. The molecule has 0 radical (unpaired) electrons. The molecule has 1 amide bonds. The summed E-state index contributed by atoms with van der Waals surface area (Å²) in [5, 5.41) is 7.02. The van der Waals surface area contributed by atoms with E-state index >= 15 is 0 Å². The first-order valence-electron chi connectivity index (χ1n) is 9.94. The molecule has 1 aliphatic rings. The molecule has 158 valence electrons. The van der Waals surface area contributed by atoms with Crippen LogP contribution in [0, 0.1) is 5.92 Å². The Morgan fingerprint density at radius 3 is 3.00 bits per heavy atom. The Morgan fingerprint density at radius 1 is 1.26 bits per heavy atom. The van der Waals surface area contributed by atoms with E-state index in [0.717, 1.165) is 24.9 Å².